The summed E-state index contributed by atoms with van der Waals surface area (Å²) in [6.45, 7) is 0. The van der Waals surface area contributed by atoms with E-state index in [1.807, 2.05) is 60.7 Å². The summed E-state index contributed by atoms with van der Waals surface area (Å²) in [5.74, 6) is 2.88. The summed E-state index contributed by atoms with van der Waals surface area (Å²) in [5.41, 5.74) is 14.6. The molecule has 0 aliphatic heterocycles. The van der Waals surface area contributed by atoms with Gasteiger partial charge < -0.3 is 11.1 Å². The number of nitrogens with two attached hydrogens (primary N) is 1. The number of hydrogen-bond donors (Lipinski definition) is 4. The van der Waals surface area contributed by atoms with E-state index in [2.05, 4.69) is 26.1 Å². The fraction of sp³-hybridized carbons (Fsp3) is 0.393. The van der Waals surface area contributed by atoms with Crippen molar-refractivity contribution in [2.45, 2.75) is 50.0 Å². The predicted octanol–water partition coefficient (Wildman–Crippen LogP) is 4.71. The van der Waals surface area contributed by atoms with E-state index >= 15 is 0 Å². The Morgan fingerprint density at radius 1 is 0.829 bits per heavy atom. The van der Waals surface area contributed by atoms with Crippen LogP contribution in [0, 0.1) is 17.8 Å². The average Bonchev–Trinajstić information content (AvgIpc) is 2.85. The van der Waals surface area contributed by atoms with Gasteiger partial charge in [-0.15, -0.1) is 0 Å². The Morgan fingerprint density at radius 2 is 1.34 bits per heavy atom. The standard InChI is InChI=1S/C28H32N6O/c29-24-25(32-28-14-18-11-19(15-28)13-20(12-18)16-28)30-17-31-26(24)33-34-27(35)23(21-7-3-1-4-8-21)22-9-5-2-6-10-22/h1-10,17-20,23H,11-16,29H2,(H,34,35)(H2,30,31,32,33). The average molecular weight is 469 g/mol. The highest BCUT2D eigenvalue weighted by molar-refractivity contribution is 5.88. The molecule has 7 rings (SSSR count). The predicted molar refractivity (Wildman–Crippen MR) is 137 cm³/mol. The highest BCUT2D eigenvalue weighted by Gasteiger charge is 2.51. The van der Waals surface area contributed by atoms with Crippen LogP contribution in [0.2, 0.25) is 0 Å². The number of benzene rings is 2. The molecule has 4 aliphatic carbocycles. The quantitative estimate of drug-likeness (QED) is 0.374. The van der Waals surface area contributed by atoms with Gasteiger partial charge in [-0.2, -0.15) is 0 Å². The molecule has 35 heavy (non-hydrogen) atoms. The van der Waals surface area contributed by atoms with Crippen LogP contribution < -0.4 is 21.9 Å². The van der Waals surface area contributed by atoms with Crippen LogP contribution in [0.25, 0.3) is 0 Å². The summed E-state index contributed by atoms with van der Waals surface area (Å²) in [6.07, 6.45) is 9.21. The summed E-state index contributed by atoms with van der Waals surface area (Å²) in [6, 6.07) is 19.5. The summed E-state index contributed by atoms with van der Waals surface area (Å²) in [7, 11) is 0. The second-order valence-electron chi connectivity index (χ2n) is 10.7. The molecule has 4 fully saturated rings. The minimum absolute atomic E-state index is 0.0868. The Balaban J connectivity index is 1.19. The lowest BCUT2D eigenvalue weighted by Gasteiger charge is -2.57. The van der Waals surface area contributed by atoms with Gasteiger partial charge in [-0.3, -0.25) is 15.6 Å². The lowest BCUT2D eigenvalue weighted by atomic mass is 9.53. The molecular formula is C28H32N6O. The Morgan fingerprint density at radius 3 is 1.89 bits per heavy atom. The smallest absolute Gasteiger partial charge is 0.250 e. The zero-order chi connectivity index (χ0) is 23.8. The van der Waals surface area contributed by atoms with E-state index in [1.165, 1.54) is 44.9 Å². The number of rotatable bonds is 7. The molecule has 1 heterocycles. The number of nitrogen functional groups attached to an aromatic ring is 1. The van der Waals surface area contributed by atoms with Gasteiger partial charge in [0.25, 0.3) is 0 Å². The van der Waals surface area contributed by atoms with E-state index in [1.54, 1.807) is 0 Å². The summed E-state index contributed by atoms with van der Waals surface area (Å²) in [4.78, 5) is 22.1. The van der Waals surface area contributed by atoms with Crippen LogP contribution in [-0.2, 0) is 4.79 Å². The number of aromatic nitrogens is 2. The molecule has 1 amide bonds. The third-order valence-electron chi connectivity index (χ3n) is 8.14. The summed E-state index contributed by atoms with van der Waals surface area (Å²) in [5, 5.41) is 3.73. The van der Waals surface area contributed by atoms with Crippen LogP contribution in [-0.4, -0.2) is 21.4 Å². The molecular weight excluding hydrogens is 436 g/mol. The van der Waals surface area contributed by atoms with Crippen LogP contribution in [0.15, 0.2) is 67.0 Å². The van der Waals surface area contributed by atoms with E-state index in [9.17, 15) is 4.79 Å². The lowest BCUT2D eigenvalue weighted by molar-refractivity contribution is -0.121. The Kier molecular flexibility index (Phi) is 5.55. The number of amides is 1. The molecule has 0 atom stereocenters. The Labute approximate surface area is 205 Å². The maximum atomic E-state index is 13.3. The topological polar surface area (TPSA) is 105 Å². The first-order chi connectivity index (χ1) is 17.1. The normalized spacial score (nSPS) is 26.5. The highest BCUT2D eigenvalue weighted by Crippen LogP contribution is 2.56. The fourth-order valence-corrected chi connectivity index (χ4v) is 7.09. The second kappa shape index (κ2) is 8.87. The molecule has 1 aromatic heterocycles. The van der Waals surface area contributed by atoms with Crippen LogP contribution in [0.3, 0.4) is 0 Å². The van der Waals surface area contributed by atoms with E-state index in [-0.39, 0.29) is 11.4 Å². The molecule has 7 heteroatoms. The van der Waals surface area contributed by atoms with Crippen molar-refractivity contribution in [2.75, 3.05) is 16.5 Å². The molecule has 0 saturated heterocycles. The van der Waals surface area contributed by atoms with Crippen molar-refractivity contribution >= 4 is 23.2 Å². The Bertz CT molecular complexity index is 1120. The van der Waals surface area contributed by atoms with Gasteiger partial charge in [0.2, 0.25) is 5.91 Å². The molecule has 4 saturated carbocycles. The first kappa shape index (κ1) is 21.9. The molecule has 3 aromatic rings. The number of hydrogen-bond acceptors (Lipinski definition) is 6. The van der Waals surface area contributed by atoms with Gasteiger partial charge in [0, 0.05) is 5.54 Å². The Hall–Kier alpha value is -3.61. The van der Waals surface area contributed by atoms with E-state index in [0.29, 0.717) is 17.3 Å². The largest absolute Gasteiger partial charge is 0.393 e. The van der Waals surface area contributed by atoms with Crippen molar-refractivity contribution in [1.82, 2.24) is 15.4 Å². The number of nitrogens with zero attached hydrogens (tertiary/aromatic N) is 2. The van der Waals surface area contributed by atoms with E-state index in [4.69, 9.17) is 5.73 Å². The van der Waals surface area contributed by atoms with Gasteiger partial charge in [-0.25, -0.2) is 9.97 Å². The van der Waals surface area contributed by atoms with Crippen molar-refractivity contribution in [3.05, 3.63) is 78.1 Å². The molecule has 7 nitrogen and oxygen atoms in total. The van der Waals surface area contributed by atoms with Crippen LogP contribution >= 0.6 is 0 Å². The summed E-state index contributed by atoms with van der Waals surface area (Å²) >= 11 is 0. The number of anilines is 3. The van der Waals surface area contributed by atoms with Gasteiger partial charge >= 0.3 is 0 Å². The van der Waals surface area contributed by atoms with Crippen molar-refractivity contribution in [1.29, 1.82) is 0 Å². The number of hydrazine groups is 1. The first-order valence-corrected chi connectivity index (χ1v) is 12.6. The maximum Gasteiger partial charge on any atom is 0.250 e. The van der Waals surface area contributed by atoms with E-state index in [0.717, 1.165) is 28.9 Å². The maximum absolute atomic E-state index is 13.3. The molecule has 5 N–H and O–H groups in total. The third-order valence-corrected chi connectivity index (χ3v) is 8.14. The van der Waals surface area contributed by atoms with Crippen molar-refractivity contribution < 1.29 is 4.79 Å². The molecule has 0 spiro atoms. The van der Waals surface area contributed by atoms with Crippen molar-refractivity contribution in [3.8, 4) is 0 Å². The van der Waals surface area contributed by atoms with Gasteiger partial charge in [-0.05, 0) is 67.4 Å². The van der Waals surface area contributed by atoms with E-state index < -0.39 is 5.92 Å². The lowest BCUT2D eigenvalue weighted by Crippen LogP contribution is -2.55. The van der Waals surface area contributed by atoms with Crippen molar-refractivity contribution in [2.24, 2.45) is 17.8 Å². The zero-order valence-electron chi connectivity index (χ0n) is 19.8. The summed E-state index contributed by atoms with van der Waals surface area (Å²) < 4.78 is 0. The number of carbonyl (C=O) groups excluding carboxylic acids is 1. The first-order valence-electron chi connectivity index (χ1n) is 12.6. The van der Waals surface area contributed by atoms with Gasteiger partial charge in [0.1, 0.15) is 12.0 Å². The SMILES string of the molecule is Nc1c(NNC(=O)C(c2ccccc2)c2ccccc2)ncnc1NC12CC3CC(CC(C3)C1)C2. The highest BCUT2D eigenvalue weighted by atomic mass is 16.2. The molecule has 0 unspecified atom stereocenters. The second-order valence-corrected chi connectivity index (χ2v) is 10.7. The van der Waals surface area contributed by atoms with Crippen LogP contribution in [0.1, 0.15) is 55.6 Å². The van der Waals surface area contributed by atoms with Gasteiger partial charge in [0.15, 0.2) is 11.6 Å². The molecule has 2 aromatic carbocycles. The van der Waals surface area contributed by atoms with Crippen molar-refractivity contribution in [3.63, 3.8) is 0 Å². The zero-order valence-corrected chi connectivity index (χ0v) is 19.8. The van der Waals surface area contributed by atoms with Gasteiger partial charge in [0.05, 0.1) is 5.92 Å². The minimum Gasteiger partial charge on any atom is -0.393 e. The minimum atomic E-state index is -0.461. The fourth-order valence-electron chi connectivity index (χ4n) is 7.09. The molecule has 4 bridgehead atoms. The third kappa shape index (κ3) is 4.31. The van der Waals surface area contributed by atoms with Crippen LogP contribution in [0.5, 0.6) is 0 Å². The van der Waals surface area contributed by atoms with Crippen LogP contribution in [0.4, 0.5) is 17.3 Å². The number of carbonyl (C=O) groups is 1. The number of nitrogens with one attached hydrogen (secondary N) is 3. The monoisotopic (exact) mass is 468 g/mol. The molecule has 4 aliphatic rings. The molecule has 0 radical (unpaired) electrons. The van der Waals surface area contributed by atoms with Gasteiger partial charge in [-0.1, -0.05) is 60.7 Å². The molecule has 180 valence electrons.